The van der Waals surface area contributed by atoms with Crippen LogP contribution in [0, 0.1) is 23.2 Å². The molecule has 1 saturated carbocycles. The molecule has 2 nitrogen and oxygen atoms in total. The Morgan fingerprint density at radius 1 is 1.26 bits per heavy atom. The molecule has 1 atom stereocenters. The van der Waals surface area contributed by atoms with Gasteiger partial charge in [-0.05, 0) is 48.6 Å². The molecule has 2 rings (SSSR count). The lowest BCUT2D eigenvalue weighted by molar-refractivity contribution is 0.104. The topological polar surface area (TPSA) is 16.1 Å². The molecule has 0 aliphatic heterocycles. The van der Waals surface area contributed by atoms with E-state index in [0.29, 0.717) is 10.8 Å². The van der Waals surface area contributed by atoms with Crippen LogP contribution in [-0.4, -0.2) is 18.1 Å². The molecule has 23 heavy (non-hydrogen) atoms. The average Bonchev–Trinajstić information content (AvgIpc) is 2.50. The van der Waals surface area contributed by atoms with Crippen LogP contribution < -0.4 is 4.90 Å². The van der Waals surface area contributed by atoms with Crippen molar-refractivity contribution in [3.8, 4) is 12.3 Å². The molecule has 0 aromatic carbocycles. The zero-order valence-electron chi connectivity index (χ0n) is 15.4. The average molecular weight is 313 g/mol. The van der Waals surface area contributed by atoms with Crippen LogP contribution in [0.2, 0.25) is 0 Å². The van der Waals surface area contributed by atoms with Crippen LogP contribution in [-0.2, 0) is 0 Å². The highest BCUT2D eigenvalue weighted by molar-refractivity contribution is 5.42. The van der Waals surface area contributed by atoms with Gasteiger partial charge in [-0.1, -0.05) is 52.5 Å². The minimum Gasteiger partial charge on any atom is -0.356 e. The Balaban J connectivity index is 2.19. The van der Waals surface area contributed by atoms with Gasteiger partial charge in [0.15, 0.2) is 0 Å². The molecule has 126 valence electrons. The van der Waals surface area contributed by atoms with Gasteiger partial charge >= 0.3 is 0 Å². The minimum atomic E-state index is 0.364. The molecule has 1 aromatic heterocycles. The highest BCUT2D eigenvalue weighted by atomic mass is 15.2. The molecule has 1 heterocycles. The molecule has 1 aliphatic carbocycles. The number of rotatable bonds is 6. The molecule has 0 radical (unpaired) electrons. The number of anilines is 1. The van der Waals surface area contributed by atoms with Crippen molar-refractivity contribution in [3.63, 3.8) is 0 Å². The van der Waals surface area contributed by atoms with Gasteiger partial charge in [0, 0.05) is 13.1 Å². The Morgan fingerprint density at radius 2 is 2.04 bits per heavy atom. The predicted octanol–water partition coefficient (Wildman–Crippen LogP) is 5.28. The van der Waals surface area contributed by atoms with Crippen LogP contribution >= 0.6 is 0 Å². The Labute approximate surface area is 142 Å². The normalized spacial score (nSPS) is 23.3. The summed E-state index contributed by atoms with van der Waals surface area (Å²) in [6.07, 6.45) is 13.2. The van der Waals surface area contributed by atoms with Crippen LogP contribution in [0.15, 0.2) is 18.2 Å². The summed E-state index contributed by atoms with van der Waals surface area (Å²) in [5.41, 5.74) is 1.55. The molecule has 0 saturated heterocycles. The van der Waals surface area contributed by atoms with Crippen LogP contribution in [0.4, 0.5) is 5.82 Å². The van der Waals surface area contributed by atoms with Crippen LogP contribution in [0.5, 0.6) is 0 Å². The Kier molecular flexibility index (Phi) is 5.74. The minimum absolute atomic E-state index is 0.364. The molecule has 2 heteroatoms. The van der Waals surface area contributed by atoms with E-state index in [1.54, 1.807) is 0 Å². The second kappa shape index (κ2) is 7.39. The fourth-order valence-corrected chi connectivity index (χ4v) is 4.22. The third kappa shape index (κ3) is 4.99. The highest BCUT2D eigenvalue weighted by Crippen LogP contribution is 2.46. The number of nitrogens with zero attached hydrogens (tertiary/aromatic N) is 2. The predicted molar refractivity (Wildman–Crippen MR) is 99.6 cm³/mol. The van der Waals surface area contributed by atoms with E-state index in [9.17, 15) is 0 Å². The monoisotopic (exact) mass is 312 g/mol. The molecule has 1 aromatic rings. The molecular formula is C21H32N2. The molecule has 1 fully saturated rings. The van der Waals surface area contributed by atoms with E-state index in [1.165, 1.54) is 38.5 Å². The van der Waals surface area contributed by atoms with Gasteiger partial charge in [0.05, 0.1) is 0 Å². The smallest absolute Gasteiger partial charge is 0.130 e. The fourth-order valence-electron chi connectivity index (χ4n) is 4.22. The first-order chi connectivity index (χ1) is 10.9. The Hall–Kier alpha value is -1.49. The maximum absolute atomic E-state index is 5.53. The molecule has 1 aliphatic rings. The first kappa shape index (κ1) is 17.9. The summed E-state index contributed by atoms with van der Waals surface area (Å²) in [4.78, 5) is 7.13. The summed E-state index contributed by atoms with van der Waals surface area (Å²) >= 11 is 0. The van der Waals surface area contributed by atoms with Gasteiger partial charge in [-0.25, -0.2) is 4.98 Å². The van der Waals surface area contributed by atoms with E-state index in [-0.39, 0.29) is 0 Å². The van der Waals surface area contributed by atoms with Gasteiger partial charge in [0.1, 0.15) is 11.5 Å². The van der Waals surface area contributed by atoms with Gasteiger partial charge in [-0.2, -0.15) is 0 Å². The number of unbranched alkanes of at least 4 members (excludes halogenated alkanes) is 1. The van der Waals surface area contributed by atoms with Gasteiger partial charge in [-0.3, -0.25) is 0 Å². The lowest BCUT2D eigenvalue weighted by atomic mass is 9.64. The Bertz CT molecular complexity index is 555. The van der Waals surface area contributed by atoms with Crippen molar-refractivity contribution in [2.24, 2.45) is 10.8 Å². The van der Waals surface area contributed by atoms with Gasteiger partial charge in [-0.15, -0.1) is 6.42 Å². The third-order valence-electron chi connectivity index (χ3n) is 5.10. The van der Waals surface area contributed by atoms with Crippen molar-refractivity contribution < 1.29 is 0 Å². The third-order valence-corrected chi connectivity index (χ3v) is 5.10. The quantitative estimate of drug-likeness (QED) is 0.665. The molecule has 0 N–H and O–H groups in total. The van der Waals surface area contributed by atoms with Crippen molar-refractivity contribution in [1.29, 1.82) is 0 Å². The summed E-state index contributed by atoms with van der Waals surface area (Å²) < 4.78 is 0. The maximum Gasteiger partial charge on any atom is 0.130 e. The number of terminal acetylenes is 1. The standard InChI is InChI=1S/C21H32N2/c1-6-8-15-23(19-12-9-11-18(7-2)22-19)17-21(5)14-10-13-20(3,4)16-21/h2,9,11-12H,6,8,10,13-17H2,1,3-5H3. The lowest BCUT2D eigenvalue weighted by Gasteiger charge is -2.45. The first-order valence-corrected chi connectivity index (χ1v) is 9.06. The summed E-state index contributed by atoms with van der Waals surface area (Å²) in [6.45, 7) is 11.7. The van der Waals surface area contributed by atoms with Crippen LogP contribution in [0.3, 0.4) is 0 Å². The van der Waals surface area contributed by atoms with Gasteiger partial charge < -0.3 is 4.90 Å². The van der Waals surface area contributed by atoms with E-state index in [4.69, 9.17) is 6.42 Å². The van der Waals surface area contributed by atoms with E-state index in [1.807, 2.05) is 12.1 Å². The molecular weight excluding hydrogens is 280 g/mol. The first-order valence-electron chi connectivity index (χ1n) is 9.06. The second-order valence-corrected chi connectivity index (χ2v) is 8.31. The molecule has 0 spiro atoms. The van der Waals surface area contributed by atoms with E-state index in [0.717, 1.165) is 24.6 Å². The van der Waals surface area contributed by atoms with Crippen molar-refractivity contribution in [1.82, 2.24) is 4.98 Å². The second-order valence-electron chi connectivity index (χ2n) is 8.31. The zero-order chi connectivity index (χ0) is 16.9. The Morgan fingerprint density at radius 3 is 2.70 bits per heavy atom. The number of pyridine rings is 1. The summed E-state index contributed by atoms with van der Waals surface area (Å²) in [6, 6.07) is 6.05. The molecule has 1 unspecified atom stereocenters. The maximum atomic E-state index is 5.53. The fraction of sp³-hybridized carbons (Fsp3) is 0.667. The lowest BCUT2D eigenvalue weighted by Crippen LogP contribution is -2.42. The van der Waals surface area contributed by atoms with Crippen molar-refractivity contribution in [2.75, 3.05) is 18.0 Å². The van der Waals surface area contributed by atoms with Gasteiger partial charge in [0.2, 0.25) is 0 Å². The highest BCUT2D eigenvalue weighted by Gasteiger charge is 2.37. The zero-order valence-corrected chi connectivity index (χ0v) is 15.4. The van der Waals surface area contributed by atoms with E-state index in [2.05, 4.69) is 49.6 Å². The van der Waals surface area contributed by atoms with Crippen LogP contribution in [0.1, 0.15) is 71.9 Å². The number of aromatic nitrogens is 1. The van der Waals surface area contributed by atoms with E-state index < -0.39 is 0 Å². The summed E-state index contributed by atoms with van der Waals surface area (Å²) in [5, 5.41) is 0. The van der Waals surface area contributed by atoms with Crippen LogP contribution in [0.25, 0.3) is 0 Å². The van der Waals surface area contributed by atoms with Crippen molar-refractivity contribution in [3.05, 3.63) is 23.9 Å². The summed E-state index contributed by atoms with van der Waals surface area (Å²) in [5.74, 6) is 3.71. The summed E-state index contributed by atoms with van der Waals surface area (Å²) in [7, 11) is 0. The van der Waals surface area contributed by atoms with Gasteiger partial charge in [0.25, 0.3) is 0 Å². The SMILES string of the molecule is C#Cc1cccc(N(CCCC)CC2(C)CCCC(C)(C)C2)n1. The molecule has 0 amide bonds. The molecule has 0 bridgehead atoms. The van der Waals surface area contributed by atoms with Crippen molar-refractivity contribution >= 4 is 5.82 Å². The number of hydrogen-bond donors (Lipinski definition) is 0. The van der Waals surface area contributed by atoms with E-state index >= 15 is 0 Å². The largest absolute Gasteiger partial charge is 0.356 e. The number of hydrogen-bond acceptors (Lipinski definition) is 2. The van der Waals surface area contributed by atoms with Crippen molar-refractivity contribution in [2.45, 2.75) is 66.2 Å².